The molecule has 23 heavy (non-hydrogen) atoms. The number of nitrogen functional groups attached to an aromatic ring is 1. The molecule has 12 nitrogen and oxygen atoms in total. The van der Waals surface area contributed by atoms with Gasteiger partial charge in [0.1, 0.15) is 28.8 Å². The average molecular weight is 322 g/mol. The molecule has 2 aromatic heterocycles. The van der Waals surface area contributed by atoms with Crippen molar-refractivity contribution >= 4 is 22.7 Å². The van der Waals surface area contributed by atoms with Gasteiger partial charge in [-0.05, 0) is 17.6 Å². The van der Waals surface area contributed by atoms with Crippen LogP contribution in [0, 0.1) is 0 Å². The monoisotopic (exact) mass is 322 g/mol. The number of azide groups is 1. The molecule has 3 rings (SSSR count). The molecule has 5 N–H and O–H groups in total. The van der Waals surface area contributed by atoms with E-state index < -0.39 is 30.6 Å². The van der Waals surface area contributed by atoms with Crippen LogP contribution in [0.2, 0.25) is 0 Å². The average Bonchev–Trinajstić information content (AvgIpc) is 3.04. The SMILES string of the molecule is C[C@@]1(O)[C@H](O)[C@@H](CO)O[C@H]1n1cnc2c(N)nnc(N=[N+]=[N-])c21. The number of fused-ring (bicyclic) bond motifs is 1. The summed E-state index contributed by atoms with van der Waals surface area (Å²) in [7, 11) is 0. The molecule has 0 spiro atoms. The summed E-state index contributed by atoms with van der Waals surface area (Å²) in [6.07, 6.45) is -2.12. The lowest BCUT2D eigenvalue weighted by Gasteiger charge is -2.27. The molecule has 0 aliphatic carbocycles. The molecule has 3 heterocycles. The fourth-order valence-electron chi connectivity index (χ4n) is 2.64. The Morgan fingerprint density at radius 1 is 1.57 bits per heavy atom. The first-order valence-corrected chi connectivity index (χ1v) is 6.62. The van der Waals surface area contributed by atoms with Gasteiger partial charge in [-0.1, -0.05) is 0 Å². The van der Waals surface area contributed by atoms with Gasteiger partial charge >= 0.3 is 0 Å². The Labute approximate surface area is 128 Å². The third-order valence-corrected chi connectivity index (χ3v) is 3.83. The van der Waals surface area contributed by atoms with Crippen molar-refractivity contribution in [1.29, 1.82) is 0 Å². The second kappa shape index (κ2) is 5.30. The van der Waals surface area contributed by atoms with Gasteiger partial charge < -0.3 is 25.8 Å². The summed E-state index contributed by atoms with van der Waals surface area (Å²) in [6, 6.07) is 0. The van der Waals surface area contributed by atoms with E-state index in [4.69, 9.17) is 16.0 Å². The maximum Gasteiger partial charge on any atom is 0.175 e. The fourth-order valence-corrected chi connectivity index (χ4v) is 2.64. The van der Waals surface area contributed by atoms with Crippen LogP contribution >= 0.6 is 0 Å². The van der Waals surface area contributed by atoms with E-state index in [0.717, 1.165) is 0 Å². The Hall–Kier alpha value is -2.50. The van der Waals surface area contributed by atoms with Gasteiger partial charge in [0.25, 0.3) is 0 Å². The molecule has 0 saturated carbocycles. The standard InChI is InChI=1S/C11H14N8O4/c1-11(22)7(21)4(2-20)23-10(11)19-3-14-5-6(19)9(17-18-13)16-15-8(5)12/h3-4,7,10,20-22H,2H2,1H3,(H2,12,15)/t4-,7-,10-,11-/m1/s1. The van der Waals surface area contributed by atoms with Crippen molar-refractivity contribution in [3.8, 4) is 0 Å². The number of anilines is 1. The minimum absolute atomic E-state index is 0.00698. The van der Waals surface area contributed by atoms with E-state index in [2.05, 4.69) is 25.2 Å². The van der Waals surface area contributed by atoms with Crippen molar-refractivity contribution < 1.29 is 20.1 Å². The van der Waals surface area contributed by atoms with Gasteiger partial charge in [-0.25, -0.2) is 4.98 Å². The maximum absolute atomic E-state index is 10.5. The number of ether oxygens (including phenoxy) is 1. The van der Waals surface area contributed by atoms with Crippen LogP contribution < -0.4 is 5.73 Å². The molecule has 2 aromatic rings. The summed E-state index contributed by atoms with van der Waals surface area (Å²) in [6.45, 7) is 0.876. The Morgan fingerprint density at radius 3 is 2.91 bits per heavy atom. The quantitative estimate of drug-likeness (QED) is 0.325. The molecule has 1 fully saturated rings. The number of aliphatic hydroxyl groups is 3. The van der Waals surface area contributed by atoms with E-state index in [0.29, 0.717) is 0 Å². The number of rotatable bonds is 3. The summed E-state index contributed by atoms with van der Waals surface area (Å²) < 4.78 is 6.85. The highest BCUT2D eigenvalue weighted by Gasteiger charge is 2.53. The van der Waals surface area contributed by atoms with Crippen LogP contribution in [0.4, 0.5) is 11.6 Å². The third kappa shape index (κ3) is 2.17. The molecule has 0 unspecified atom stereocenters. The molecule has 122 valence electrons. The van der Waals surface area contributed by atoms with Gasteiger partial charge in [-0.2, -0.15) is 0 Å². The molecular formula is C11H14N8O4. The number of aromatic nitrogens is 4. The van der Waals surface area contributed by atoms with Crippen LogP contribution in [0.1, 0.15) is 13.2 Å². The molecule has 0 radical (unpaired) electrons. The molecule has 12 heteroatoms. The predicted octanol–water partition coefficient (Wildman–Crippen LogP) is -0.648. The lowest BCUT2D eigenvalue weighted by atomic mass is 9.96. The third-order valence-electron chi connectivity index (χ3n) is 3.83. The van der Waals surface area contributed by atoms with E-state index in [1.807, 2.05) is 0 Å². The highest BCUT2D eigenvalue weighted by Crippen LogP contribution is 2.41. The summed E-state index contributed by atoms with van der Waals surface area (Å²) in [5.74, 6) is -0.0944. The fraction of sp³-hybridized carbons (Fsp3) is 0.545. The smallest absolute Gasteiger partial charge is 0.175 e. The first-order chi connectivity index (χ1) is 10.9. The number of nitrogens with two attached hydrogens (primary N) is 1. The minimum atomic E-state index is -1.73. The number of aliphatic hydroxyl groups excluding tert-OH is 2. The van der Waals surface area contributed by atoms with Gasteiger partial charge in [0.05, 0.1) is 12.9 Å². The van der Waals surface area contributed by atoms with Gasteiger partial charge in [0, 0.05) is 4.91 Å². The number of nitrogens with zero attached hydrogens (tertiary/aromatic N) is 7. The molecule has 1 aliphatic rings. The van der Waals surface area contributed by atoms with E-state index in [-0.39, 0.29) is 22.7 Å². The maximum atomic E-state index is 10.5. The molecular weight excluding hydrogens is 308 g/mol. The molecule has 1 aliphatic heterocycles. The van der Waals surface area contributed by atoms with Crippen molar-refractivity contribution in [2.24, 2.45) is 5.11 Å². The highest BCUT2D eigenvalue weighted by molar-refractivity contribution is 5.91. The lowest BCUT2D eigenvalue weighted by molar-refractivity contribution is -0.0948. The van der Waals surface area contributed by atoms with E-state index in [9.17, 15) is 15.3 Å². The normalized spacial score (nSPS) is 30.5. The first kappa shape index (κ1) is 15.4. The van der Waals surface area contributed by atoms with E-state index in [1.165, 1.54) is 17.8 Å². The van der Waals surface area contributed by atoms with Crippen LogP contribution in [0.5, 0.6) is 0 Å². The summed E-state index contributed by atoms with van der Waals surface area (Å²) in [5.41, 5.74) is 13.0. The molecule has 0 bridgehead atoms. The van der Waals surface area contributed by atoms with Crippen molar-refractivity contribution in [1.82, 2.24) is 19.7 Å². The van der Waals surface area contributed by atoms with Crippen LogP contribution in [0.3, 0.4) is 0 Å². The second-order valence-corrected chi connectivity index (χ2v) is 5.33. The predicted molar refractivity (Wildman–Crippen MR) is 76.2 cm³/mol. The minimum Gasteiger partial charge on any atom is -0.394 e. The Kier molecular flexibility index (Phi) is 3.55. The van der Waals surface area contributed by atoms with Crippen molar-refractivity contribution in [2.75, 3.05) is 12.3 Å². The zero-order chi connectivity index (χ0) is 16.8. The Balaban J connectivity index is 2.21. The Morgan fingerprint density at radius 2 is 2.30 bits per heavy atom. The zero-order valence-corrected chi connectivity index (χ0v) is 12.0. The molecule has 4 atom stereocenters. The van der Waals surface area contributed by atoms with Crippen LogP contribution in [0.15, 0.2) is 11.4 Å². The molecule has 1 saturated heterocycles. The topological polar surface area (TPSA) is 188 Å². The highest BCUT2D eigenvalue weighted by atomic mass is 16.6. The van der Waals surface area contributed by atoms with Gasteiger partial charge in [0.2, 0.25) is 0 Å². The number of hydrogen-bond donors (Lipinski definition) is 4. The zero-order valence-electron chi connectivity index (χ0n) is 12.0. The largest absolute Gasteiger partial charge is 0.394 e. The molecule has 0 aromatic carbocycles. The summed E-state index contributed by atoms with van der Waals surface area (Å²) >= 11 is 0. The van der Waals surface area contributed by atoms with Crippen LogP contribution in [-0.2, 0) is 4.74 Å². The Bertz CT molecular complexity index is 799. The van der Waals surface area contributed by atoms with E-state index >= 15 is 0 Å². The number of imidazole rings is 1. The first-order valence-electron chi connectivity index (χ1n) is 6.62. The van der Waals surface area contributed by atoms with Crippen LogP contribution in [-0.4, -0.2) is 59.5 Å². The summed E-state index contributed by atoms with van der Waals surface area (Å²) in [5, 5.41) is 40.6. The summed E-state index contributed by atoms with van der Waals surface area (Å²) in [4.78, 5) is 6.73. The van der Waals surface area contributed by atoms with Crippen LogP contribution in [0.25, 0.3) is 21.5 Å². The second-order valence-electron chi connectivity index (χ2n) is 5.33. The van der Waals surface area contributed by atoms with Gasteiger partial charge in [-0.3, -0.25) is 4.57 Å². The van der Waals surface area contributed by atoms with Gasteiger partial charge in [0.15, 0.2) is 17.9 Å². The van der Waals surface area contributed by atoms with Gasteiger partial charge in [-0.15, -0.1) is 10.2 Å². The van der Waals surface area contributed by atoms with E-state index in [1.54, 1.807) is 0 Å². The van der Waals surface area contributed by atoms with Crippen molar-refractivity contribution in [2.45, 2.75) is 31.0 Å². The van der Waals surface area contributed by atoms with Crippen molar-refractivity contribution in [3.63, 3.8) is 0 Å². The van der Waals surface area contributed by atoms with Crippen molar-refractivity contribution in [3.05, 3.63) is 16.8 Å². The number of hydrogen-bond acceptors (Lipinski definition) is 9. The lowest BCUT2D eigenvalue weighted by Crippen LogP contribution is -2.44. The molecule has 0 amide bonds.